The predicted molar refractivity (Wildman–Crippen MR) is 322 cm³/mol. The minimum atomic E-state index is -5.00. The molecule has 0 bridgehead atoms. The summed E-state index contributed by atoms with van der Waals surface area (Å²) in [6.45, 7) is 9.07. The van der Waals surface area contributed by atoms with E-state index in [9.17, 15) is 67.7 Å². The Labute approximate surface area is 507 Å². The van der Waals surface area contributed by atoms with Gasteiger partial charge in [-0.2, -0.15) is 29.8 Å². The first-order chi connectivity index (χ1) is 41.0. The SMILES string of the molecule is CC1(C)C(/C=C/C=C/C=C/CC2N(CCCCCC(=O)NCCN3C(=O)C=CC3=O)c3ccc4c(SOOO)cc(S(=O)(=O)O)cc4c3C2(C)C)=[N+](CCCCCC(=O)NCCN2C(=O)C=CC2=O)c2ccc3c(S(=O)(=O)O)cc(S(=O)(=O)O)cc3c21. The third-order valence-corrected chi connectivity index (χ3v) is 19.1. The van der Waals surface area contributed by atoms with Gasteiger partial charge in [-0.25, -0.2) is 5.26 Å². The second-order valence-corrected chi connectivity index (χ2v) is 27.2. The van der Waals surface area contributed by atoms with Crippen molar-refractivity contribution in [1.29, 1.82) is 0 Å². The van der Waals surface area contributed by atoms with Crippen molar-refractivity contribution in [2.75, 3.05) is 44.2 Å². The summed E-state index contributed by atoms with van der Waals surface area (Å²) in [5.74, 6) is -2.24. The maximum atomic E-state index is 12.7. The number of fused-ring (bicyclic) bond motifs is 6. The van der Waals surface area contributed by atoms with Crippen LogP contribution in [0.15, 0.2) is 129 Å². The maximum absolute atomic E-state index is 12.7. The summed E-state index contributed by atoms with van der Waals surface area (Å²) in [7, 11) is -14.7. The van der Waals surface area contributed by atoms with Crippen molar-refractivity contribution < 1.29 is 86.9 Å². The van der Waals surface area contributed by atoms with Crippen molar-refractivity contribution in [3.05, 3.63) is 120 Å². The highest BCUT2D eigenvalue weighted by Gasteiger charge is 2.47. The highest BCUT2D eigenvalue weighted by Crippen LogP contribution is 2.52. The van der Waals surface area contributed by atoms with Gasteiger partial charge in [-0.3, -0.25) is 52.2 Å². The number of anilines is 1. The molecule has 24 nitrogen and oxygen atoms in total. The van der Waals surface area contributed by atoms with Gasteiger partial charge in [0, 0.05) is 121 Å². The normalized spacial score (nSPS) is 17.5. The van der Waals surface area contributed by atoms with Gasteiger partial charge < -0.3 is 15.5 Å². The Morgan fingerprint density at radius 3 is 1.74 bits per heavy atom. The first-order valence-corrected chi connectivity index (χ1v) is 32.9. The topological polar surface area (TPSA) is 341 Å². The minimum Gasteiger partial charge on any atom is -0.367 e. The zero-order valence-electron chi connectivity index (χ0n) is 48.0. The Bertz CT molecular complexity index is 3970. The molecule has 0 fully saturated rings. The molecule has 4 aromatic rings. The fourth-order valence-corrected chi connectivity index (χ4v) is 14.3. The molecule has 0 saturated carbocycles. The molecule has 28 heteroatoms. The van der Waals surface area contributed by atoms with Crippen LogP contribution in [0.2, 0.25) is 0 Å². The fraction of sp³-hybridized carbons (Fsp3) is 0.373. The molecular weight excluding hydrogens is 1210 g/mol. The van der Waals surface area contributed by atoms with Gasteiger partial charge in [-0.1, -0.05) is 61.8 Å². The quantitative estimate of drug-likeness (QED) is 0.00467. The zero-order valence-corrected chi connectivity index (χ0v) is 51.3. The molecule has 0 aliphatic carbocycles. The van der Waals surface area contributed by atoms with E-state index < -0.39 is 79.5 Å². The first-order valence-electron chi connectivity index (χ1n) is 27.9. The van der Waals surface area contributed by atoms with Crippen LogP contribution in [-0.4, -0.2) is 145 Å². The molecule has 0 saturated heterocycles. The van der Waals surface area contributed by atoms with Crippen molar-refractivity contribution in [2.45, 2.75) is 122 Å². The molecule has 4 aliphatic rings. The van der Waals surface area contributed by atoms with Crippen LogP contribution in [0.1, 0.15) is 96.6 Å². The van der Waals surface area contributed by atoms with Gasteiger partial charge in [-0.15, -0.1) is 4.33 Å². The van der Waals surface area contributed by atoms with Gasteiger partial charge in [0.2, 0.25) is 17.5 Å². The van der Waals surface area contributed by atoms with E-state index in [2.05, 4.69) is 20.6 Å². The van der Waals surface area contributed by atoms with E-state index in [0.717, 1.165) is 26.8 Å². The largest absolute Gasteiger partial charge is 0.367 e. The molecule has 464 valence electrons. The average Bonchev–Trinajstić information content (AvgIpc) is 1.62. The number of benzene rings is 4. The number of hydrogen-bond donors (Lipinski definition) is 6. The lowest BCUT2D eigenvalue weighted by atomic mass is 9.77. The van der Waals surface area contributed by atoms with Crippen molar-refractivity contribution >= 4 is 116 Å². The molecule has 4 aromatic carbocycles. The molecule has 6 amide bonds. The summed E-state index contributed by atoms with van der Waals surface area (Å²) in [5, 5.41) is 19.6. The Hall–Kier alpha value is -7.25. The van der Waals surface area contributed by atoms with Gasteiger partial charge in [0.05, 0.1) is 27.2 Å². The Balaban J connectivity index is 1.02. The second kappa shape index (κ2) is 27.0. The lowest BCUT2D eigenvalue weighted by molar-refractivity contribution is -0.438. The van der Waals surface area contributed by atoms with E-state index in [-0.39, 0.29) is 72.5 Å². The number of unbranched alkanes of at least 4 members (excludes halogenated alkanes) is 4. The Morgan fingerprint density at radius 2 is 1.17 bits per heavy atom. The number of nitrogens with zero attached hydrogens (tertiary/aromatic N) is 4. The molecule has 6 N–H and O–H groups in total. The van der Waals surface area contributed by atoms with Crippen LogP contribution in [0.4, 0.5) is 11.4 Å². The number of rotatable bonds is 29. The standard InChI is InChI=1S/C59H66N6O18S4/c1-58(2)48(62(30-14-8-12-18-50(66)60-28-32-64-52(68)24-25-53(64)69)44-22-20-40-42(56(44)58)34-38(85(73,74)75)36-46(40)84-83-82-72)16-10-6-5-7-11-17-49-59(3,4)57-43-35-39(86(76,77)78)37-47(87(79,80)81)41(43)21-23-45(57)63(49)31-15-9-13-19-51(67)61-29-33-65-54(70)26-27-55(65)71/h5-7,10-11,17,20-27,34-37,48H,8-9,12-16,18-19,28-33H2,1-4H3,(H5-,60,61,66,67,72,73,74,75,76,77,78,79,80,81)/p+1/b7-5+,10-6+,17-11+. The van der Waals surface area contributed by atoms with Crippen LogP contribution in [0.25, 0.3) is 21.5 Å². The van der Waals surface area contributed by atoms with Crippen LogP contribution in [0.5, 0.6) is 0 Å². The van der Waals surface area contributed by atoms with Gasteiger partial charge in [0.1, 0.15) is 11.4 Å². The van der Waals surface area contributed by atoms with E-state index in [1.54, 1.807) is 12.1 Å². The molecule has 87 heavy (non-hydrogen) atoms. The summed E-state index contributed by atoms with van der Waals surface area (Å²) in [5.41, 5.74) is 1.86. The van der Waals surface area contributed by atoms with Gasteiger partial charge in [-0.05, 0) is 104 Å². The Morgan fingerprint density at radius 1 is 0.632 bits per heavy atom. The average molecular weight is 1280 g/mol. The maximum Gasteiger partial charge on any atom is 0.295 e. The van der Waals surface area contributed by atoms with Crippen LogP contribution in [0, 0.1) is 0 Å². The van der Waals surface area contributed by atoms with E-state index in [0.29, 0.717) is 98.2 Å². The number of imide groups is 2. The third-order valence-electron chi connectivity index (χ3n) is 15.9. The number of carbonyl (C=O) groups excluding carboxylic acids is 6. The summed E-state index contributed by atoms with van der Waals surface area (Å²) >= 11 is 0.559. The van der Waals surface area contributed by atoms with Crippen molar-refractivity contribution in [3.8, 4) is 0 Å². The third kappa shape index (κ3) is 14.8. The van der Waals surface area contributed by atoms with Gasteiger partial charge in [0.15, 0.2) is 5.71 Å². The summed E-state index contributed by atoms with van der Waals surface area (Å²) in [6, 6.07) is 11.1. The molecule has 8 rings (SSSR count). The van der Waals surface area contributed by atoms with Crippen LogP contribution in [-0.2, 0) is 79.3 Å². The van der Waals surface area contributed by atoms with Gasteiger partial charge >= 0.3 is 0 Å². The highest BCUT2D eigenvalue weighted by atomic mass is 32.2. The van der Waals surface area contributed by atoms with Crippen LogP contribution >= 0.6 is 12.0 Å². The first kappa shape index (κ1) is 65.7. The van der Waals surface area contributed by atoms with Crippen LogP contribution in [0.3, 0.4) is 0 Å². The van der Waals surface area contributed by atoms with E-state index in [1.807, 2.05) is 74.8 Å². The number of hydrogen-bond acceptors (Lipinski definition) is 17. The highest BCUT2D eigenvalue weighted by molar-refractivity contribution is 7.94. The fourth-order valence-electron chi connectivity index (χ4n) is 11.8. The molecule has 1 unspecified atom stereocenters. The molecule has 0 spiro atoms. The molecular formula is C59H67N6O18S4+. The molecule has 0 aromatic heterocycles. The zero-order chi connectivity index (χ0) is 63.2. The number of allylic oxidation sites excluding steroid dienone is 5. The lowest BCUT2D eigenvalue weighted by Gasteiger charge is -2.34. The minimum absolute atomic E-state index is 0.0334. The summed E-state index contributed by atoms with van der Waals surface area (Å²) in [4.78, 5) is 75.7. The summed E-state index contributed by atoms with van der Waals surface area (Å²) in [6.07, 6.45) is 20.3. The van der Waals surface area contributed by atoms with E-state index in [4.69, 9.17) is 9.59 Å². The predicted octanol–water partition coefficient (Wildman–Crippen LogP) is 6.97. The van der Waals surface area contributed by atoms with Gasteiger partial charge in [0.25, 0.3) is 54.0 Å². The molecule has 4 aliphatic heterocycles. The molecule has 1 atom stereocenters. The van der Waals surface area contributed by atoms with Crippen LogP contribution < -0.4 is 15.5 Å². The monoisotopic (exact) mass is 1280 g/mol. The van der Waals surface area contributed by atoms with Crippen molar-refractivity contribution in [2.24, 2.45) is 0 Å². The molecule has 4 heterocycles. The number of carbonyl (C=O) groups is 6. The van der Waals surface area contributed by atoms with E-state index >= 15 is 0 Å². The second-order valence-electron chi connectivity index (χ2n) is 22.2. The Kier molecular flexibility index (Phi) is 20.4. The van der Waals surface area contributed by atoms with E-state index in [1.165, 1.54) is 48.6 Å². The molecule has 0 radical (unpaired) electrons. The smallest absolute Gasteiger partial charge is 0.295 e. The summed E-state index contributed by atoms with van der Waals surface area (Å²) < 4.78 is 113. The van der Waals surface area contributed by atoms with Crippen molar-refractivity contribution in [3.63, 3.8) is 0 Å². The lowest BCUT2D eigenvalue weighted by Crippen LogP contribution is -2.41. The number of nitrogens with one attached hydrogen (secondary N) is 2. The van der Waals surface area contributed by atoms with Crippen molar-refractivity contribution in [1.82, 2.24) is 20.4 Å². The number of amides is 6.